The zero-order chi connectivity index (χ0) is 14.7. The van der Waals surface area contributed by atoms with Crippen LogP contribution in [0.25, 0.3) is 0 Å². The Morgan fingerprint density at radius 3 is 2.55 bits per heavy atom. The van der Waals surface area contributed by atoms with Crippen molar-refractivity contribution in [3.05, 3.63) is 65.0 Å². The van der Waals surface area contributed by atoms with Crippen LogP contribution in [0.1, 0.15) is 21.5 Å². The molecule has 1 atom stereocenters. The van der Waals surface area contributed by atoms with Crippen LogP contribution in [0.2, 0.25) is 0 Å². The topological polar surface area (TPSA) is 34.1 Å². The molecule has 2 aromatic rings. The molecule has 0 aliphatic rings. The van der Waals surface area contributed by atoms with Crippen molar-refractivity contribution in [3.63, 3.8) is 0 Å². The number of benzene rings is 2. The standard InChI is InChI=1S/C16H15FO2S/c1-11-6-7-15(12(2)8-11)16(18)10-20(19)14-5-3-4-13(17)9-14/h3-9H,10H2,1-2H3. The Hall–Kier alpha value is -1.81. The van der Waals surface area contributed by atoms with Gasteiger partial charge in [0.15, 0.2) is 5.78 Å². The number of hydrogen-bond acceptors (Lipinski definition) is 2. The first kappa shape index (κ1) is 14.6. The van der Waals surface area contributed by atoms with E-state index in [9.17, 15) is 13.4 Å². The second-order valence-corrected chi connectivity index (χ2v) is 6.14. The summed E-state index contributed by atoms with van der Waals surface area (Å²) in [6.45, 7) is 3.80. The minimum atomic E-state index is -1.53. The summed E-state index contributed by atoms with van der Waals surface area (Å²) in [5.74, 6) is -0.771. The monoisotopic (exact) mass is 290 g/mol. The second-order valence-electron chi connectivity index (χ2n) is 4.69. The van der Waals surface area contributed by atoms with E-state index in [0.717, 1.165) is 11.1 Å². The minimum absolute atomic E-state index is 0.132. The fraction of sp³-hybridized carbons (Fsp3) is 0.188. The largest absolute Gasteiger partial charge is 0.293 e. The number of ketones is 1. The first-order chi connectivity index (χ1) is 9.47. The van der Waals surface area contributed by atoms with E-state index < -0.39 is 16.6 Å². The summed E-state index contributed by atoms with van der Waals surface area (Å²) in [4.78, 5) is 12.5. The fourth-order valence-electron chi connectivity index (χ4n) is 2.02. The van der Waals surface area contributed by atoms with Crippen molar-refractivity contribution < 1.29 is 13.4 Å². The quantitative estimate of drug-likeness (QED) is 0.808. The first-order valence-corrected chi connectivity index (χ1v) is 7.53. The van der Waals surface area contributed by atoms with Crippen LogP contribution in [0.4, 0.5) is 4.39 Å². The van der Waals surface area contributed by atoms with Gasteiger partial charge in [-0.05, 0) is 37.6 Å². The minimum Gasteiger partial charge on any atom is -0.293 e. The molecule has 0 aliphatic heterocycles. The van der Waals surface area contributed by atoms with E-state index in [0.29, 0.717) is 10.5 Å². The van der Waals surface area contributed by atoms with Crippen molar-refractivity contribution in [3.8, 4) is 0 Å². The summed E-state index contributed by atoms with van der Waals surface area (Å²) in [6.07, 6.45) is 0. The van der Waals surface area contributed by atoms with Crippen molar-refractivity contribution in [2.45, 2.75) is 18.7 Å². The zero-order valence-electron chi connectivity index (χ0n) is 11.4. The smallest absolute Gasteiger partial charge is 0.175 e. The van der Waals surface area contributed by atoms with Crippen LogP contribution in [-0.2, 0) is 10.8 Å². The molecule has 4 heteroatoms. The van der Waals surface area contributed by atoms with Gasteiger partial charge in [-0.1, -0.05) is 29.8 Å². The van der Waals surface area contributed by atoms with E-state index in [1.54, 1.807) is 12.1 Å². The number of carbonyl (C=O) groups is 1. The average molecular weight is 290 g/mol. The maximum Gasteiger partial charge on any atom is 0.175 e. The Balaban J connectivity index is 2.17. The van der Waals surface area contributed by atoms with Gasteiger partial charge in [0, 0.05) is 10.5 Å². The third-order valence-electron chi connectivity index (χ3n) is 3.00. The molecular formula is C16H15FO2S. The number of rotatable bonds is 4. The van der Waals surface area contributed by atoms with Gasteiger partial charge in [0.2, 0.25) is 0 Å². The Morgan fingerprint density at radius 2 is 1.90 bits per heavy atom. The molecule has 0 fully saturated rings. The van der Waals surface area contributed by atoms with Crippen LogP contribution in [0.15, 0.2) is 47.4 Å². The van der Waals surface area contributed by atoms with Gasteiger partial charge in [-0.3, -0.25) is 9.00 Å². The highest BCUT2D eigenvalue weighted by molar-refractivity contribution is 7.85. The molecule has 104 valence electrons. The molecule has 0 aromatic heterocycles. The molecule has 0 heterocycles. The fourth-order valence-corrected chi connectivity index (χ4v) is 3.05. The zero-order valence-corrected chi connectivity index (χ0v) is 12.2. The number of Topliss-reactive ketones (excluding diaryl/α,β-unsaturated/α-hetero) is 1. The van der Waals surface area contributed by atoms with Crippen LogP contribution in [-0.4, -0.2) is 15.7 Å². The number of carbonyl (C=O) groups excluding carboxylic acids is 1. The number of hydrogen-bond donors (Lipinski definition) is 0. The molecule has 0 bridgehead atoms. The molecule has 2 rings (SSSR count). The van der Waals surface area contributed by atoms with Crippen molar-refractivity contribution >= 4 is 16.6 Å². The summed E-state index contributed by atoms with van der Waals surface area (Å²) in [6, 6.07) is 11.1. The van der Waals surface area contributed by atoms with Gasteiger partial charge in [0.25, 0.3) is 0 Å². The lowest BCUT2D eigenvalue weighted by Gasteiger charge is -2.06. The maximum absolute atomic E-state index is 13.1. The van der Waals surface area contributed by atoms with Crippen LogP contribution in [0, 0.1) is 19.7 Å². The third kappa shape index (κ3) is 3.39. The Kier molecular flexibility index (Phi) is 4.45. The molecule has 1 unspecified atom stereocenters. The predicted octanol–water partition coefficient (Wildman–Crippen LogP) is 3.43. The van der Waals surface area contributed by atoms with Crippen molar-refractivity contribution in [1.82, 2.24) is 0 Å². The molecule has 0 aliphatic carbocycles. The van der Waals surface area contributed by atoms with Gasteiger partial charge in [-0.25, -0.2) is 4.39 Å². The van der Waals surface area contributed by atoms with Crippen LogP contribution in [0.3, 0.4) is 0 Å². The van der Waals surface area contributed by atoms with Gasteiger partial charge in [-0.2, -0.15) is 0 Å². The Labute approximate surface area is 120 Å². The van der Waals surface area contributed by atoms with E-state index in [2.05, 4.69) is 0 Å². The van der Waals surface area contributed by atoms with E-state index >= 15 is 0 Å². The lowest BCUT2D eigenvalue weighted by atomic mass is 10.0. The molecule has 0 N–H and O–H groups in total. The van der Waals surface area contributed by atoms with E-state index in [1.165, 1.54) is 18.2 Å². The number of aryl methyl sites for hydroxylation is 2. The van der Waals surface area contributed by atoms with E-state index in [4.69, 9.17) is 0 Å². The van der Waals surface area contributed by atoms with Crippen molar-refractivity contribution in [2.24, 2.45) is 0 Å². The molecule has 2 aromatic carbocycles. The summed E-state index contributed by atoms with van der Waals surface area (Å²) in [7, 11) is -1.53. The van der Waals surface area contributed by atoms with Crippen molar-refractivity contribution in [2.75, 3.05) is 5.75 Å². The van der Waals surface area contributed by atoms with Gasteiger partial charge >= 0.3 is 0 Å². The summed E-state index contributed by atoms with van der Waals surface area (Å²) >= 11 is 0. The van der Waals surface area contributed by atoms with Gasteiger partial charge < -0.3 is 0 Å². The highest BCUT2D eigenvalue weighted by Crippen LogP contribution is 2.14. The Bertz CT molecular complexity index is 680. The average Bonchev–Trinajstić information content (AvgIpc) is 2.38. The molecule has 2 nitrogen and oxygen atoms in total. The van der Waals surface area contributed by atoms with Crippen molar-refractivity contribution in [1.29, 1.82) is 0 Å². The second kappa shape index (κ2) is 6.09. The maximum atomic E-state index is 13.1. The SMILES string of the molecule is Cc1ccc(C(=O)CS(=O)c2cccc(F)c2)c(C)c1. The molecule has 20 heavy (non-hydrogen) atoms. The first-order valence-electron chi connectivity index (χ1n) is 6.22. The molecule has 0 saturated heterocycles. The van der Waals surface area contributed by atoms with Gasteiger partial charge in [0.1, 0.15) is 5.82 Å². The van der Waals surface area contributed by atoms with E-state index in [1.807, 2.05) is 26.0 Å². The number of halogens is 1. The highest BCUT2D eigenvalue weighted by Gasteiger charge is 2.14. The molecule has 0 saturated carbocycles. The van der Waals surface area contributed by atoms with Gasteiger partial charge in [0.05, 0.1) is 16.6 Å². The Morgan fingerprint density at radius 1 is 1.15 bits per heavy atom. The lowest BCUT2D eigenvalue weighted by Crippen LogP contribution is -2.12. The normalized spacial score (nSPS) is 12.2. The molecule has 0 amide bonds. The highest BCUT2D eigenvalue weighted by atomic mass is 32.2. The molecule has 0 spiro atoms. The summed E-state index contributed by atoms with van der Waals surface area (Å²) in [5, 5.41) is 0. The summed E-state index contributed by atoms with van der Waals surface area (Å²) < 4.78 is 25.2. The lowest BCUT2D eigenvalue weighted by molar-refractivity contribution is 0.102. The van der Waals surface area contributed by atoms with E-state index in [-0.39, 0.29) is 11.5 Å². The van der Waals surface area contributed by atoms with Crippen LogP contribution < -0.4 is 0 Å². The van der Waals surface area contributed by atoms with Crippen LogP contribution >= 0.6 is 0 Å². The molecule has 0 radical (unpaired) electrons. The van der Waals surface area contributed by atoms with Gasteiger partial charge in [-0.15, -0.1) is 0 Å². The molecular weight excluding hydrogens is 275 g/mol. The van der Waals surface area contributed by atoms with Crippen LogP contribution in [0.5, 0.6) is 0 Å². The predicted molar refractivity (Wildman–Crippen MR) is 77.9 cm³/mol. The third-order valence-corrected chi connectivity index (χ3v) is 4.31. The summed E-state index contributed by atoms with van der Waals surface area (Å²) in [5.41, 5.74) is 2.51.